The second kappa shape index (κ2) is 5.71. The van der Waals surface area contributed by atoms with Crippen LogP contribution in [0.4, 0.5) is 0 Å². The Morgan fingerprint density at radius 2 is 1.94 bits per heavy atom. The Hall–Kier alpha value is -1.77. The molecule has 0 bridgehead atoms. The number of ether oxygens (including phenoxy) is 2. The van der Waals surface area contributed by atoms with Crippen molar-refractivity contribution in [3.8, 4) is 5.75 Å². The number of benzene rings is 1. The molecule has 18 heavy (non-hydrogen) atoms. The molecule has 1 aromatic carbocycles. The minimum atomic E-state index is -0.640. The molecule has 1 rings (SSSR count). The van der Waals surface area contributed by atoms with Gasteiger partial charge in [0.2, 0.25) is 6.29 Å². The van der Waals surface area contributed by atoms with Crippen LogP contribution in [0.15, 0.2) is 36.9 Å². The molecule has 0 saturated heterocycles. The minimum Gasteiger partial charge on any atom is -0.455 e. The number of carbonyl (C=O) groups is 1. The summed E-state index contributed by atoms with van der Waals surface area (Å²) < 4.78 is 10.6. The number of para-hydroxylation sites is 1. The maximum absolute atomic E-state index is 11.1. The Kier molecular flexibility index (Phi) is 4.54. The highest BCUT2D eigenvalue weighted by Crippen LogP contribution is 2.31. The van der Waals surface area contributed by atoms with Crippen molar-refractivity contribution >= 4 is 5.97 Å². The quantitative estimate of drug-likeness (QED) is 0.465. The van der Waals surface area contributed by atoms with Crippen molar-refractivity contribution in [1.82, 2.24) is 0 Å². The van der Waals surface area contributed by atoms with E-state index >= 15 is 0 Å². The average molecular weight is 248 g/mol. The number of rotatable bonds is 4. The summed E-state index contributed by atoms with van der Waals surface area (Å²) in [7, 11) is 0. The van der Waals surface area contributed by atoms with Crippen molar-refractivity contribution in [3.05, 3.63) is 42.5 Å². The molecule has 0 N–H and O–H groups in total. The first-order chi connectivity index (χ1) is 8.34. The third-order valence-electron chi connectivity index (χ3n) is 2.44. The van der Waals surface area contributed by atoms with E-state index in [1.165, 1.54) is 0 Å². The fraction of sp³-hybridized carbons (Fsp3) is 0.400. The highest BCUT2D eigenvalue weighted by molar-refractivity contribution is 5.81. The highest BCUT2D eigenvalue weighted by Gasteiger charge is 2.20. The fourth-order valence-corrected chi connectivity index (χ4v) is 1.60. The van der Waals surface area contributed by atoms with Crippen LogP contribution in [0, 0.1) is 0 Å². The summed E-state index contributed by atoms with van der Waals surface area (Å²) in [6.45, 7) is 11.3. The molecule has 0 radical (unpaired) electrons. The first-order valence-electron chi connectivity index (χ1n) is 5.94. The second-order valence-electron chi connectivity index (χ2n) is 5.07. The molecule has 98 valence electrons. The first kappa shape index (κ1) is 14.3. The van der Waals surface area contributed by atoms with Gasteiger partial charge in [0.05, 0.1) is 0 Å². The van der Waals surface area contributed by atoms with Crippen LogP contribution >= 0.6 is 0 Å². The second-order valence-corrected chi connectivity index (χ2v) is 5.07. The third-order valence-corrected chi connectivity index (χ3v) is 2.44. The molecule has 3 nitrogen and oxygen atoms in total. The largest absolute Gasteiger partial charge is 0.455 e. The Bertz CT molecular complexity index is 430. The molecule has 0 amide bonds. The van der Waals surface area contributed by atoms with Gasteiger partial charge >= 0.3 is 5.97 Å². The molecular formula is C15H20O3. The van der Waals surface area contributed by atoms with Crippen molar-refractivity contribution in [2.24, 2.45) is 0 Å². The van der Waals surface area contributed by atoms with E-state index < -0.39 is 12.3 Å². The van der Waals surface area contributed by atoms with Gasteiger partial charge in [0.15, 0.2) is 0 Å². The Morgan fingerprint density at radius 3 is 2.50 bits per heavy atom. The van der Waals surface area contributed by atoms with Crippen LogP contribution in [0.5, 0.6) is 5.75 Å². The van der Waals surface area contributed by atoms with E-state index in [0.29, 0.717) is 0 Å². The topological polar surface area (TPSA) is 35.5 Å². The smallest absolute Gasteiger partial charge is 0.333 e. The van der Waals surface area contributed by atoms with Crippen molar-refractivity contribution in [3.63, 3.8) is 0 Å². The maximum atomic E-state index is 11.1. The van der Waals surface area contributed by atoms with Gasteiger partial charge in [-0.05, 0) is 17.0 Å². The van der Waals surface area contributed by atoms with E-state index in [4.69, 9.17) is 9.47 Å². The molecule has 1 aromatic rings. The summed E-state index contributed by atoms with van der Waals surface area (Å²) in [6, 6.07) is 7.75. The van der Waals surface area contributed by atoms with Gasteiger partial charge in [-0.15, -0.1) is 0 Å². The van der Waals surface area contributed by atoms with Crippen LogP contribution in [-0.2, 0) is 14.9 Å². The van der Waals surface area contributed by atoms with Crippen molar-refractivity contribution in [2.75, 3.05) is 0 Å². The number of hydrogen-bond donors (Lipinski definition) is 0. The van der Waals surface area contributed by atoms with Gasteiger partial charge in [-0.1, -0.05) is 45.5 Å². The van der Waals surface area contributed by atoms with E-state index in [9.17, 15) is 4.79 Å². The van der Waals surface area contributed by atoms with Crippen LogP contribution in [-0.4, -0.2) is 12.3 Å². The monoisotopic (exact) mass is 248 g/mol. The van der Waals surface area contributed by atoms with Gasteiger partial charge in [-0.2, -0.15) is 0 Å². The third kappa shape index (κ3) is 3.91. The van der Waals surface area contributed by atoms with Gasteiger partial charge in [0.25, 0.3) is 0 Å². The minimum absolute atomic E-state index is 0.0290. The van der Waals surface area contributed by atoms with E-state index in [-0.39, 0.29) is 5.41 Å². The van der Waals surface area contributed by atoms with Crippen LogP contribution in [0.3, 0.4) is 0 Å². The lowest BCUT2D eigenvalue weighted by Crippen LogP contribution is -2.22. The van der Waals surface area contributed by atoms with Crippen LogP contribution < -0.4 is 4.74 Å². The van der Waals surface area contributed by atoms with E-state index in [1.54, 1.807) is 6.92 Å². The van der Waals surface area contributed by atoms with Crippen LogP contribution in [0.1, 0.15) is 33.3 Å². The zero-order valence-corrected chi connectivity index (χ0v) is 11.4. The molecule has 0 aromatic heterocycles. The fourth-order valence-electron chi connectivity index (χ4n) is 1.60. The molecule has 0 heterocycles. The predicted molar refractivity (Wildman–Crippen MR) is 71.5 cm³/mol. The molecule has 0 fully saturated rings. The molecule has 3 heteroatoms. The summed E-state index contributed by atoms with van der Waals surface area (Å²) in [5.74, 6) is 0.241. The summed E-state index contributed by atoms with van der Waals surface area (Å²) in [5.41, 5.74) is 1.05. The van der Waals surface area contributed by atoms with Gasteiger partial charge in [-0.25, -0.2) is 4.79 Å². The van der Waals surface area contributed by atoms with Gasteiger partial charge in [0, 0.05) is 13.0 Å². The molecule has 0 saturated carbocycles. The average Bonchev–Trinajstić information content (AvgIpc) is 2.27. The molecule has 1 unspecified atom stereocenters. The van der Waals surface area contributed by atoms with Crippen molar-refractivity contribution < 1.29 is 14.3 Å². The molecule has 0 aliphatic rings. The Labute approximate surface area is 108 Å². The normalized spacial score (nSPS) is 12.7. The van der Waals surface area contributed by atoms with Gasteiger partial charge in [-0.3, -0.25) is 0 Å². The summed E-state index contributed by atoms with van der Waals surface area (Å²) in [6.07, 6.45) is 0.481. The van der Waals surface area contributed by atoms with Crippen LogP contribution in [0.25, 0.3) is 0 Å². The maximum Gasteiger partial charge on any atom is 0.333 e. The first-order valence-corrected chi connectivity index (χ1v) is 5.94. The van der Waals surface area contributed by atoms with Crippen LogP contribution in [0.2, 0.25) is 0 Å². The van der Waals surface area contributed by atoms with E-state index in [2.05, 4.69) is 27.4 Å². The predicted octanol–water partition coefficient (Wildman–Crippen LogP) is 3.44. The lowest BCUT2D eigenvalue weighted by atomic mass is 9.86. The molecule has 0 aliphatic heterocycles. The number of hydrogen-bond acceptors (Lipinski definition) is 3. The SMILES string of the molecule is C=CC(=O)OC(C)Oc1ccccc1C(C)(C)C. The summed E-state index contributed by atoms with van der Waals surface area (Å²) in [4.78, 5) is 11.1. The number of carbonyl (C=O) groups excluding carboxylic acids is 1. The van der Waals surface area contributed by atoms with Crippen molar-refractivity contribution in [1.29, 1.82) is 0 Å². The van der Waals surface area contributed by atoms with E-state index in [0.717, 1.165) is 17.4 Å². The summed E-state index contributed by atoms with van der Waals surface area (Å²) in [5, 5.41) is 0. The standard InChI is InChI=1S/C15H20O3/c1-6-14(16)18-11(2)17-13-10-8-7-9-12(13)15(3,4)5/h6-11H,1H2,2-5H3. The zero-order chi connectivity index (χ0) is 13.8. The zero-order valence-electron chi connectivity index (χ0n) is 11.4. The Balaban J connectivity index is 2.84. The molecular weight excluding hydrogens is 228 g/mol. The van der Waals surface area contributed by atoms with Gasteiger partial charge in [0.1, 0.15) is 5.75 Å². The van der Waals surface area contributed by atoms with Gasteiger partial charge < -0.3 is 9.47 Å². The lowest BCUT2D eigenvalue weighted by molar-refractivity contribution is -0.155. The number of esters is 1. The molecule has 0 spiro atoms. The lowest BCUT2D eigenvalue weighted by Gasteiger charge is -2.24. The molecule has 0 aliphatic carbocycles. The van der Waals surface area contributed by atoms with E-state index in [1.807, 2.05) is 24.3 Å². The summed E-state index contributed by atoms with van der Waals surface area (Å²) >= 11 is 0. The molecule has 1 atom stereocenters. The van der Waals surface area contributed by atoms with Crippen molar-refractivity contribution in [2.45, 2.75) is 39.4 Å². The Morgan fingerprint density at radius 1 is 1.33 bits per heavy atom. The highest BCUT2D eigenvalue weighted by atomic mass is 16.7.